The number of rotatable bonds is 7. The lowest BCUT2D eigenvalue weighted by atomic mass is 9.83. The molecule has 0 saturated carbocycles. The first-order valence-electron chi connectivity index (χ1n) is 6.78. The lowest BCUT2D eigenvalue weighted by Crippen LogP contribution is -2.39. The molecule has 0 fully saturated rings. The van der Waals surface area contributed by atoms with Crippen LogP contribution in [0.3, 0.4) is 0 Å². The van der Waals surface area contributed by atoms with E-state index in [1.54, 1.807) is 18.2 Å². The highest BCUT2D eigenvalue weighted by atomic mass is 35.5. The Morgan fingerprint density at radius 1 is 1.25 bits per heavy atom. The molecule has 1 aromatic rings. The predicted octanol–water partition coefficient (Wildman–Crippen LogP) is 3.45. The fourth-order valence-electron chi connectivity index (χ4n) is 1.96. The highest BCUT2D eigenvalue weighted by molar-refractivity contribution is 6.42. The molecular weight excluding hydrogens is 297 g/mol. The van der Waals surface area contributed by atoms with E-state index in [1.165, 1.54) is 0 Å². The van der Waals surface area contributed by atoms with Crippen molar-refractivity contribution in [3.8, 4) is 0 Å². The van der Waals surface area contributed by atoms with Crippen molar-refractivity contribution in [2.45, 2.75) is 33.1 Å². The molecule has 0 atom stereocenters. The molecule has 0 aromatic heterocycles. The Morgan fingerprint density at radius 3 is 2.40 bits per heavy atom. The van der Waals surface area contributed by atoms with Crippen molar-refractivity contribution < 1.29 is 9.90 Å². The predicted molar refractivity (Wildman–Crippen MR) is 83.3 cm³/mol. The van der Waals surface area contributed by atoms with E-state index in [9.17, 15) is 9.90 Å². The number of aliphatic hydroxyl groups is 1. The minimum Gasteiger partial charge on any atom is -0.396 e. The van der Waals surface area contributed by atoms with Gasteiger partial charge in [-0.25, -0.2) is 0 Å². The molecule has 20 heavy (non-hydrogen) atoms. The SMILES string of the molecule is CCC(CC)(CO)CNC(=O)Cc1ccc(Cl)c(Cl)c1. The molecular formula is C15H21Cl2NO2. The maximum atomic E-state index is 11.9. The van der Waals surface area contributed by atoms with E-state index in [1.807, 2.05) is 13.8 Å². The van der Waals surface area contributed by atoms with Gasteiger partial charge in [-0.3, -0.25) is 4.79 Å². The van der Waals surface area contributed by atoms with Crippen molar-refractivity contribution in [3.05, 3.63) is 33.8 Å². The van der Waals surface area contributed by atoms with E-state index in [0.717, 1.165) is 18.4 Å². The average Bonchev–Trinajstić information content (AvgIpc) is 2.45. The summed E-state index contributed by atoms with van der Waals surface area (Å²) in [6.45, 7) is 4.60. The quantitative estimate of drug-likeness (QED) is 0.809. The van der Waals surface area contributed by atoms with Crippen LogP contribution in [-0.2, 0) is 11.2 Å². The molecule has 112 valence electrons. The Hall–Kier alpha value is -0.770. The Labute approximate surface area is 130 Å². The summed E-state index contributed by atoms with van der Waals surface area (Å²) in [6.07, 6.45) is 1.91. The molecule has 0 aliphatic rings. The molecule has 0 bridgehead atoms. The number of amides is 1. The van der Waals surface area contributed by atoms with Crippen molar-refractivity contribution in [1.82, 2.24) is 5.32 Å². The summed E-state index contributed by atoms with van der Waals surface area (Å²) >= 11 is 11.8. The maximum absolute atomic E-state index is 11.9. The molecule has 3 nitrogen and oxygen atoms in total. The Morgan fingerprint density at radius 2 is 1.90 bits per heavy atom. The molecule has 1 aromatic carbocycles. The summed E-state index contributed by atoms with van der Waals surface area (Å²) in [7, 11) is 0. The van der Waals surface area contributed by atoms with Crippen LogP contribution in [0.25, 0.3) is 0 Å². The number of hydrogen-bond acceptors (Lipinski definition) is 2. The van der Waals surface area contributed by atoms with Crippen LogP contribution < -0.4 is 5.32 Å². The van der Waals surface area contributed by atoms with Gasteiger partial charge in [0.25, 0.3) is 0 Å². The fourth-order valence-corrected chi connectivity index (χ4v) is 2.28. The van der Waals surface area contributed by atoms with Crippen LogP contribution in [0.15, 0.2) is 18.2 Å². The normalized spacial score (nSPS) is 11.4. The first-order valence-corrected chi connectivity index (χ1v) is 7.53. The lowest BCUT2D eigenvalue weighted by Gasteiger charge is -2.29. The Balaban J connectivity index is 2.57. The zero-order valence-electron chi connectivity index (χ0n) is 11.9. The zero-order chi connectivity index (χ0) is 15.2. The molecule has 2 N–H and O–H groups in total. The zero-order valence-corrected chi connectivity index (χ0v) is 13.4. The van der Waals surface area contributed by atoms with E-state index in [-0.39, 0.29) is 24.3 Å². The molecule has 0 aliphatic heterocycles. The van der Waals surface area contributed by atoms with Gasteiger partial charge in [0.1, 0.15) is 0 Å². The van der Waals surface area contributed by atoms with Crippen LogP contribution in [0.1, 0.15) is 32.3 Å². The van der Waals surface area contributed by atoms with Gasteiger partial charge in [-0.15, -0.1) is 0 Å². The molecule has 0 heterocycles. The largest absolute Gasteiger partial charge is 0.396 e. The lowest BCUT2D eigenvalue weighted by molar-refractivity contribution is -0.121. The fraction of sp³-hybridized carbons (Fsp3) is 0.533. The minimum atomic E-state index is -0.229. The summed E-state index contributed by atoms with van der Waals surface area (Å²) < 4.78 is 0. The van der Waals surface area contributed by atoms with E-state index < -0.39 is 0 Å². The molecule has 0 radical (unpaired) electrons. The molecule has 0 spiro atoms. The van der Waals surface area contributed by atoms with Gasteiger partial charge in [-0.2, -0.15) is 0 Å². The van der Waals surface area contributed by atoms with Gasteiger partial charge in [0.15, 0.2) is 0 Å². The molecule has 0 saturated heterocycles. The van der Waals surface area contributed by atoms with Crippen LogP contribution in [0.4, 0.5) is 0 Å². The topological polar surface area (TPSA) is 49.3 Å². The van der Waals surface area contributed by atoms with Crippen LogP contribution in [0.2, 0.25) is 10.0 Å². The molecule has 0 aliphatic carbocycles. The molecule has 1 rings (SSSR count). The van der Waals surface area contributed by atoms with E-state index in [2.05, 4.69) is 5.32 Å². The standard InChI is InChI=1S/C15H21Cl2NO2/c1-3-15(4-2,10-19)9-18-14(20)8-11-5-6-12(16)13(17)7-11/h5-7,19H,3-4,8-10H2,1-2H3,(H,18,20). The van der Waals surface area contributed by atoms with Gasteiger partial charge in [0.05, 0.1) is 23.1 Å². The highest BCUT2D eigenvalue weighted by Crippen LogP contribution is 2.25. The second kappa shape index (κ2) is 7.87. The van der Waals surface area contributed by atoms with Crippen molar-refractivity contribution in [2.75, 3.05) is 13.2 Å². The van der Waals surface area contributed by atoms with Gasteiger partial charge >= 0.3 is 0 Å². The van der Waals surface area contributed by atoms with E-state index >= 15 is 0 Å². The number of hydrogen-bond donors (Lipinski definition) is 2. The molecule has 1 amide bonds. The summed E-state index contributed by atoms with van der Waals surface area (Å²) in [5.74, 6) is -0.0804. The van der Waals surface area contributed by atoms with Crippen molar-refractivity contribution in [3.63, 3.8) is 0 Å². The average molecular weight is 318 g/mol. The van der Waals surface area contributed by atoms with Gasteiger partial charge < -0.3 is 10.4 Å². The monoisotopic (exact) mass is 317 g/mol. The third-order valence-corrected chi connectivity index (χ3v) is 4.58. The summed E-state index contributed by atoms with van der Waals surface area (Å²) in [5, 5.41) is 13.3. The number of carbonyl (C=O) groups is 1. The van der Waals surface area contributed by atoms with Gasteiger partial charge in [-0.05, 0) is 30.5 Å². The first kappa shape index (κ1) is 17.3. The van der Waals surface area contributed by atoms with Gasteiger partial charge in [-0.1, -0.05) is 43.1 Å². The number of carbonyl (C=O) groups excluding carboxylic acids is 1. The Kier molecular flexibility index (Phi) is 6.80. The number of benzene rings is 1. The maximum Gasteiger partial charge on any atom is 0.224 e. The summed E-state index contributed by atoms with van der Waals surface area (Å²) in [6, 6.07) is 5.16. The van der Waals surface area contributed by atoms with Crippen LogP contribution in [0, 0.1) is 5.41 Å². The summed E-state index contributed by atoms with van der Waals surface area (Å²) in [4.78, 5) is 11.9. The Bertz CT molecular complexity index is 451. The summed E-state index contributed by atoms with van der Waals surface area (Å²) in [5.41, 5.74) is 0.590. The highest BCUT2D eigenvalue weighted by Gasteiger charge is 2.25. The van der Waals surface area contributed by atoms with E-state index in [4.69, 9.17) is 23.2 Å². The third-order valence-electron chi connectivity index (χ3n) is 3.84. The van der Waals surface area contributed by atoms with Crippen molar-refractivity contribution in [1.29, 1.82) is 0 Å². The third kappa shape index (κ3) is 4.65. The number of nitrogens with one attached hydrogen (secondary N) is 1. The van der Waals surface area contributed by atoms with Crippen molar-refractivity contribution in [2.24, 2.45) is 5.41 Å². The number of aliphatic hydroxyl groups excluding tert-OH is 1. The van der Waals surface area contributed by atoms with Crippen LogP contribution in [0.5, 0.6) is 0 Å². The minimum absolute atomic E-state index is 0.0764. The smallest absolute Gasteiger partial charge is 0.224 e. The van der Waals surface area contributed by atoms with Crippen LogP contribution >= 0.6 is 23.2 Å². The molecule has 5 heteroatoms. The van der Waals surface area contributed by atoms with Crippen molar-refractivity contribution >= 4 is 29.1 Å². The second-order valence-corrected chi connectivity index (χ2v) is 5.88. The number of halogens is 2. The van der Waals surface area contributed by atoms with E-state index in [0.29, 0.717) is 16.6 Å². The first-order chi connectivity index (χ1) is 9.46. The second-order valence-electron chi connectivity index (χ2n) is 5.07. The van der Waals surface area contributed by atoms with Gasteiger partial charge in [0.2, 0.25) is 5.91 Å². The van der Waals surface area contributed by atoms with Crippen LogP contribution in [-0.4, -0.2) is 24.2 Å². The molecule has 0 unspecified atom stereocenters. The van der Waals surface area contributed by atoms with Gasteiger partial charge in [0, 0.05) is 12.0 Å².